The standard InChI is InChI=1S/C8H16N2O4S2/c9-5(1-3-15)7(11)13-14-8(12)6(10)2-4-16/h5-6,15-16H,1-4,9-10H2/t5-,6-/m0/s1. The van der Waals surface area contributed by atoms with E-state index < -0.39 is 24.0 Å². The van der Waals surface area contributed by atoms with Gasteiger partial charge in [0.1, 0.15) is 12.1 Å². The fraction of sp³-hybridized carbons (Fsp3) is 0.750. The average molecular weight is 268 g/mol. The van der Waals surface area contributed by atoms with Crippen molar-refractivity contribution in [2.24, 2.45) is 11.5 Å². The summed E-state index contributed by atoms with van der Waals surface area (Å²) in [4.78, 5) is 30.7. The first kappa shape index (κ1) is 15.6. The fourth-order valence-electron chi connectivity index (χ4n) is 0.720. The average Bonchev–Trinajstić information content (AvgIpc) is 2.25. The van der Waals surface area contributed by atoms with Gasteiger partial charge in [-0.25, -0.2) is 19.4 Å². The SMILES string of the molecule is N[C@@H](CCS)C(=O)OOC(=O)[C@@H](N)CCS. The van der Waals surface area contributed by atoms with Gasteiger partial charge in [0.2, 0.25) is 0 Å². The summed E-state index contributed by atoms with van der Waals surface area (Å²) in [5.41, 5.74) is 10.8. The highest BCUT2D eigenvalue weighted by molar-refractivity contribution is 7.80. The van der Waals surface area contributed by atoms with Gasteiger partial charge in [-0.3, -0.25) is 0 Å². The summed E-state index contributed by atoms with van der Waals surface area (Å²) >= 11 is 7.80. The van der Waals surface area contributed by atoms with Crippen molar-refractivity contribution in [1.29, 1.82) is 0 Å². The van der Waals surface area contributed by atoms with E-state index in [1.807, 2.05) is 0 Å². The molecule has 0 aromatic rings. The highest BCUT2D eigenvalue weighted by Crippen LogP contribution is 1.98. The Morgan fingerprint density at radius 3 is 1.50 bits per heavy atom. The Balaban J connectivity index is 3.87. The maximum absolute atomic E-state index is 11.1. The van der Waals surface area contributed by atoms with E-state index in [1.54, 1.807) is 0 Å². The second-order valence-electron chi connectivity index (χ2n) is 3.04. The number of hydrogen-bond acceptors (Lipinski definition) is 8. The van der Waals surface area contributed by atoms with Crippen LogP contribution < -0.4 is 11.5 Å². The molecule has 0 aliphatic rings. The normalized spacial score (nSPS) is 14.0. The Bertz CT molecular complexity index is 216. The molecule has 2 atom stereocenters. The second kappa shape index (κ2) is 8.68. The van der Waals surface area contributed by atoms with Crippen LogP contribution in [0, 0.1) is 0 Å². The predicted molar refractivity (Wildman–Crippen MR) is 65.1 cm³/mol. The molecule has 0 unspecified atom stereocenters. The zero-order chi connectivity index (χ0) is 12.6. The lowest BCUT2D eigenvalue weighted by Crippen LogP contribution is -2.37. The van der Waals surface area contributed by atoms with Crippen LogP contribution in [0.15, 0.2) is 0 Å². The summed E-state index contributed by atoms with van der Waals surface area (Å²) < 4.78 is 0. The van der Waals surface area contributed by atoms with Crippen LogP contribution in [0.3, 0.4) is 0 Å². The van der Waals surface area contributed by atoms with Crippen LogP contribution in [0.25, 0.3) is 0 Å². The monoisotopic (exact) mass is 268 g/mol. The van der Waals surface area contributed by atoms with Gasteiger partial charge in [-0.2, -0.15) is 25.3 Å². The van der Waals surface area contributed by atoms with E-state index in [2.05, 4.69) is 35.0 Å². The van der Waals surface area contributed by atoms with Gasteiger partial charge in [-0.1, -0.05) is 0 Å². The molecule has 0 bridgehead atoms. The van der Waals surface area contributed by atoms with Crippen LogP contribution in [0.1, 0.15) is 12.8 Å². The highest BCUT2D eigenvalue weighted by atomic mass is 32.1. The van der Waals surface area contributed by atoms with Crippen molar-refractivity contribution in [3.05, 3.63) is 0 Å². The first-order valence-corrected chi connectivity index (χ1v) is 5.94. The maximum Gasteiger partial charge on any atom is 0.372 e. The van der Waals surface area contributed by atoms with Crippen LogP contribution in [0.5, 0.6) is 0 Å². The van der Waals surface area contributed by atoms with E-state index in [4.69, 9.17) is 11.5 Å². The summed E-state index contributed by atoms with van der Waals surface area (Å²) in [6, 6.07) is -1.71. The first-order valence-electron chi connectivity index (χ1n) is 4.68. The molecule has 0 aliphatic heterocycles. The molecule has 6 nitrogen and oxygen atoms in total. The lowest BCUT2D eigenvalue weighted by Gasteiger charge is -2.10. The van der Waals surface area contributed by atoms with Gasteiger partial charge in [-0.05, 0) is 24.3 Å². The van der Waals surface area contributed by atoms with E-state index >= 15 is 0 Å². The molecule has 16 heavy (non-hydrogen) atoms. The predicted octanol–water partition coefficient (Wildman–Crippen LogP) is -0.718. The van der Waals surface area contributed by atoms with Gasteiger partial charge in [0.25, 0.3) is 0 Å². The van der Waals surface area contributed by atoms with Gasteiger partial charge in [0.15, 0.2) is 0 Å². The number of hydrogen-bond donors (Lipinski definition) is 4. The van der Waals surface area contributed by atoms with Crippen LogP contribution >= 0.6 is 25.3 Å². The van der Waals surface area contributed by atoms with Crippen molar-refractivity contribution in [3.63, 3.8) is 0 Å². The van der Waals surface area contributed by atoms with Crippen molar-refractivity contribution in [2.45, 2.75) is 24.9 Å². The molecule has 0 rings (SSSR count). The Morgan fingerprint density at radius 1 is 0.938 bits per heavy atom. The summed E-state index contributed by atoms with van der Waals surface area (Å²) in [5, 5.41) is 0. The molecule has 0 aromatic carbocycles. The van der Waals surface area contributed by atoms with Crippen LogP contribution in [-0.4, -0.2) is 35.5 Å². The Morgan fingerprint density at radius 2 is 1.25 bits per heavy atom. The number of nitrogens with two attached hydrogens (primary N) is 2. The smallest absolute Gasteiger partial charge is 0.318 e. The molecule has 0 aliphatic carbocycles. The molecule has 94 valence electrons. The molecule has 0 amide bonds. The molecule has 8 heteroatoms. The maximum atomic E-state index is 11.1. The third kappa shape index (κ3) is 6.21. The summed E-state index contributed by atoms with van der Waals surface area (Å²) in [7, 11) is 0. The topological polar surface area (TPSA) is 105 Å². The molecule has 0 saturated heterocycles. The quantitative estimate of drug-likeness (QED) is 0.288. The number of rotatable bonds is 6. The van der Waals surface area contributed by atoms with Gasteiger partial charge in [-0.15, -0.1) is 0 Å². The van der Waals surface area contributed by atoms with Crippen molar-refractivity contribution < 1.29 is 19.4 Å². The van der Waals surface area contributed by atoms with E-state index in [9.17, 15) is 9.59 Å². The minimum absolute atomic E-state index is 0.336. The number of carbonyl (C=O) groups is 2. The molecular weight excluding hydrogens is 252 g/mol. The molecule has 0 fully saturated rings. The van der Waals surface area contributed by atoms with Crippen molar-refractivity contribution in [1.82, 2.24) is 0 Å². The van der Waals surface area contributed by atoms with Gasteiger partial charge < -0.3 is 11.5 Å². The van der Waals surface area contributed by atoms with E-state index in [0.29, 0.717) is 24.3 Å². The summed E-state index contributed by atoms with van der Waals surface area (Å²) in [6.07, 6.45) is 0.671. The van der Waals surface area contributed by atoms with E-state index in [1.165, 1.54) is 0 Å². The zero-order valence-electron chi connectivity index (χ0n) is 8.67. The van der Waals surface area contributed by atoms with Crippen molar-refractivity contribution in [2.75, 3.05) is 11.5 Å². The summed E-state index contributed by atoms with van der Waals surface area (Å²) in [6.45, 7) is 0. The van der Waals surface area contributed by atoms with Crippen LogP contribution in [0.4, 0.5) is 0 Å². The Labute approximate surface area is 105 Å². The highest BCUT2D eigenvalue weighted by Gasteiger charge is 2.20. The number of thiol groups is 2. The third-order valence-electron chi connectivity index (χ3n) is 1.69. The van der Waals surface area contributed by atoms with Gasteiger partial charge in [0.05, 0.1) is 0 Å². The van der Waals surface area contributed by atoms with Gasteiger partial charge in [0, 0.05) is 0 Å². The fourth-order valence-corrected chi connectivity index (χ4v) is 1.28. The van der Waals surface area contributed by atoms with Crippen LogP contribution in [-0.2, 0) is 19.4 Å². The van der Waals surface area contributed by atoms with Crippen molar-refractivity contribution >= 4 is 37.2 Å². The lowest BCUT2D eigenvalue weighted by atomic mass is 10.2. The minimum atomic E-state index is -0.855. The minimum Gasteiger partial charge on any atom is -0.318 e. The van der Waals surface area contributed by atoms with Crippen molar-refractivity contribution in [3.8, 4) is 0 Å². The van der Waals surface area contributed by atoms with E-state index in [-0.39, 0.29) is 0 Å². The molecule has 0 spiro atoms. The van der Waals surface area contributed by atoms with E-state index in [0.717, 1.165) is 0 Å². The molecule has 0 heterocycles. The third-order valence-corrected chi connectivity index (χ3v) is 2.21. The zero-order valence-corrected chi connectivity index (χ0v) is 10.5. The molecule has 4 N–H and O–H groups in total. The Hall–Kier alpha value is -0.440. The first-order chi connectivity index (χ1) is 7.52. The molecular formula is C8H16N2O4S2. The number of carbonyl (C=O) groups excluding carboxylic acids is 2. The lowest BCUT2D eigenvalue weighted by molar-refractivity contribution is -0.261. The Kier molecular flexibility index (Phi) is 8.44. The second-order valence-corrected chi connectivity index (χ2v) is 3.94. The van der Waals surface area contributed by atoms with Gasteiger partial charge >= 0.3 is 11.9 Å². The molecule has 0 aromatic heterocycles. The van der Waals surface area contributed by atoms with Crippen LogP contribution in [0.2, 0.25) is 0 Å². The summed E-state index contributed by atoms with van der Waals surface area (Å²) in [5.74, 6) is -0.770. The largest absolute Gasteiger partial charge is 0.372 e. The molecule has 0 radical (unpaired) electrons. The molecule has 0 saturated carbocycles.